The molecule has 0 aromatic rings. The van der Waals surface area contributed by atoms with Crippen molar-refractivity contribution in [2.75, 3.05) is 0 Å². The zero-order valence-electron chi connectivity index (χ0n) is 8.22. The van der Waals surface area contributed by atoms with Crippen LogP contribution in [0.2, 0.25) is 0 Å². The third-order valence-corrected chi connectivity index (χ3v) is 2.05. The lowest BCUT2D eigenvalue weighted by Gasteiger charge is -2.13. The van der Waals surface area contributed by atoms with E-state index in [4.69, 9.17) is 5.73 Å². The van der Waals surface area contributed by atoms with Crippen LogP contribution in [-0.4, -0.2) is 0 Å². The summed E-state index contributed by atoms with van der Waals surface area (Å²) in [6.07, 6.45) is 9.95. The van der Waals surface area contributed by atoms with E-state index in [1.54, 1.807) is 6.08 Å². The predicted octanol–water partition coefficient (Wildman–Crippen LogP) is 2.84. The molecule has 13 heavy (non-hydrogen) atoms. The molecule has 0 saturated carbocycles. The van der Waals surface area contributed by atoms with Gasteiger partial charge in [-0.25, -0.2) is 0 Å². The molecule has 0 radical (unpaired) electrons. The second-order valence-corrected chi connectivity index (χ2v) is 2.83. The van der Waals surface area contributed by atoms with E-state index in [2.05, 4.69) is 25.7 Å². The van der Waals surface area contributed by atoms with Crippen molar-refractivity contribution in [3.05, 3.63) is 47.7 Å². The van der Waals surface area contributed by atoms with Gasteiger partial charge in [0.15, 0.2) is 0 Å². The highest BCUT2D eigenvalue weighted by atomic mass is 14.6. The molecule has 1 aliphatic rings. The van der Waals surface area contributed by atoms with Gasteiger partial charge in [0.05, 0.1) is 0 Å². The average molecular weight is 178 g/mol. The van der Waals surface area contributed by atoms with Gasteiger partial charge in [-0.3, -0.25) is 0 Å². The summed E-state index contributed by atoms with van der Waals surface area (Å²) in [5, 5.41) is 0. The van der Waals surface area contributed by atoms with Gasteiger partial charge in [-0.2, -0.15) is 0 Å². The molecule has 2 heteroatoms. The Bertz CT molecular complexity index is 270. The number of rotatable bonds is 2. The van der Waals surface area contributed by atoms with Crippen LogP contribution in [0.1, 0.15) is 19.8 Å². The van der Waals surface area contributed by atoms with Gasteiger partial charge in [-0.1, -0.05) is 37.8 Å². The van der Waals surface area contributed by atoms with Crippen molar-refractivity contribution in [2.24, 2.45) is 5.73 Å². The van der Waals surface area contributed by atoms with E-state index >= 15 is 0 Å². The van der Waals surface area contributed by atoms with Gasteiger partial charge in [0.25, 0.3) is 0 Å². The zero-order chi connectivity index (χ0) is 8.97. The molecular formula is C11H18N2. The van der Waals surface area contributed by atoms with Gasteiger partial charge in [0.1, 0.15) is 0 Å². The van der Waals surface area contributed by atoms with Gasteiger partial charge >= 0.3 is 0 Å². The van der Waals surface area contributed by atoms with Crippen LogP contribution in [0.25, 0.3) is 0 Å². The Kier molecular flexibility index (Phi) is 4.85. The minimum absolute atomic E-state index is 0. The Morgan fingerprint density at radius 3 is 2.85 bits per heavy atom. The molecule has 0 fully saturated rings. The van der Waals surface area contributed by atoms with E-state index in [-0.39, 0.29) is 6.15 Å². The molecule has 0 amide bonds. The summed E-state index contributed by atoms with van der Waals surface area (Å²) in [5.41, 5.74) is 9.28. The van der Waals surface area contributed by atoms with E-state index in [9.17, 15) is 0 Å². The first-order chi connectivity index (χ1) is 5.79. The van der Waals surface area contributed by atoms with Crippen LogP contribution < -0.4 is 11.9 Å². The maximum Gasteiger partial charge on any atom is 0.0382 e. The van der Waals surface area contributed by atoms with Gasteiger partial charge in [-0.15, -0.1) is 0 Å². The first-order valence-corrected chi connectivity index (χ1v) is 4.26. The van der Waals surface area contributed by atoms with Crippen LogP contribution in [0.4, 0.5) is 0 Å². The highest BCUT2D eigenvalue weighted by Gasteiger charge is 2.07. The third kappa shape index (κ3) is 2.60. The second kappa shape index (κ2) is 5.38. The second-order valence-electron chi connectivity index (χ2n) is 2.83. The van der Waals surface area contributed by atoms with Crippen LogP contribution in [0, 0.1) is 0 Å². The summed E-state index contributed by atoms with van der Waals surface area (Å²) in [4.78, 5) is 0. The molecule has 0 saturated heterocycles. The standard InChI is InChI=1S/C11H15N.H3N/c1-3-6-10-8-5-7-9(4-2)11(10)12;/h3,5-7H,1,4,8,12H2,2H3;1H3/b10-6+;. The maximum atomic E-state index is 5.93. The Balaban J connectivity index is 0.00000144. The number of hydrogen-bond donors (Lipinski definition) is 2. The Labute approximate surface area is 80.1 Å². The Morgan fingerprint density at radius 2 is 2.31 bits per heavy atom. The van der Waals surface area contributed by atoms with Gasteiger partial charge in [0, 0.05) is 5.70 Å². The SMILES string of the molecule is C=C/C=C1\CC=CC(CC)=C1N.N. The molecule has 0 aromatic heterocycles. The molecule has 0 unspecified atom stereocenters. The van der Waals surface area contributed by atoms with Crippen LogP contribution in [0.5, 0.6) is 0 Å². The molecule has 0 bridgehead atoms. The summed E-state index contributed by atoms with van der Waals surface area (Å²) >= 11 is 0. The van der Waals surface area contributed by atoms with Crippen molar-refractivity contribution >= 4 is 0 Å². The fourth-order valence-corrected chi connectivity index (χ4v) is 1.34. The van der Waals surface area contributed by atoms with Crippen molar-refractivity contribution in [3.63, 3.8) is 0 Å². The summed E-state index contributed by atoms with van der Waals surface area (Å²) in [6.45, 7) is 5.78. The molecule has 5 N–H and O–H groups in total. The molecular weight excluding hydrogens is 160 g/mol. The predicted molar refractivity (Wildman–Crippen MR) is 58.6 cm³/mol. The largest absolute Gasteiger partial charge is 0.398 e. The minimum Gasteiger partial charge on any atom is -0.398 e. The van der Waals surface area contributed by atoms with Crippen molar-refractivity contribution in [3.8, 4) is 0 Å². The lowest BCUT2D eigenvalue weighted by Crippen LogP contribution is -2.07. The molecule has 1 rings (SSSR count). The Hall–Kier alpha value is -1.28. The molecule has 72 valence electrons. The molecule has 1 aliphatic carbocycles. The van der Waals surface area contributed by atoms with E-state index in [1.165, 1.54) is 11.1 Å². The Morgan fingerprint density at radius 1 is 1.62 bits per heavy atom. The first-order valence-electron chi connectivity index (χ1n) is 4.26. The maximum absolute atomic E-state index is 5.93. The summed E-state index contributed by atoms with van der Waals surface area (Å²) in [6, 6.07) is 0. The highest BCUT2D eigenvalue weighted by molar-refractivity contribution is 5.44. The number of nitrogens with two attached hydrogens (primary N) is 1. The van der Waals surface area contributed by atoms with E-state index in [1.807, 2.05) is 6.08 Å². The number of hydrogen-bond acceptors (Lipinski definition) is 2. The quantitative estimate of drug-likeness (QED) is 0.683. The van der Waals surface area contributed by atoms with Gasteiger partial charge in [0.2, 0.25) is 0 Å². The van der Waals surface area contributed by atoms with E-state index < -0.39 is 0 Å². The van der Waals surface area contributed by atoms with E-state index in [0.717, 1.165) is 18.5 Å². The van der Waals surface area contributed by atoms with E-state index in [0.29, 0.717) is 0 Å². The fraction of sp³-hybridized carbons (Fsp3) is 0.273. The molecule has 0 heterocycles. The summed E-state index contributed by atoms with van der Waals surface area (Å²) in [5.74, 6) is 0. The monoisotopic (exact) mass is 178 g/mol. The molecule has 0 spiro atoms. The van der Waals surface area contributed by atoms with Crippen molar-refractivity contribution < 1.29 is 0 Å². The number of allylic oxidation sites excluding steroid dienone is 6. The molecule has 0 atom stereocenters. The lowest BCUT2D eigenvalue weighted by molar-refractivity contribution is 1.04. The third-order valence-electron chi connectivity index (χ3n) is 2.05. The normalized spacial score (nSPS) is 18.7. The van der Waals surface area contributed by atoms with Gasteiger partial charge < -0.3 is 11.9 Å². The van der Waals surface area contributed by atoms with Crippen LogP contribution >= 0.6 is 0 Å². The molecule has 0 aliphatic heterocycles. The van der Waals surface area contributed by atoms with Gasteiger partial charge in [-0.05, 0) is 24.0 Å². The summed E-state index contributed by atoms with van der Waals surface area (Å²) < 4.78 is 0. The fourth-order valence-electron chi connectivity index (χ4n) is 1.34. The van der Waals surface area contributed by atoms with Crippen LogP contribution in [0.3, 0.4) is 0 Å². The smallest absolute Gasteiger partial charge is 0.0382 e. The van der Waals surface area contributed by atoms with Crippen molar-refractivity contribution in [2.45, 2.75) is 19.8 Å². The molecule has 0 aromatic carbocycles. The van der Waals surface area contributed by atoms with Crippen molar-refractivity contribution in [1.29, 1.82) is 0 Å². The van der Waals surface area contributed by atoms with Crippen LogP contribution in [-0.2, 0) is 0 Å². The zero-order valence-corrected chi connectivity index (χ0v) is 8.22. The van der Waals surface area contributed by atoms with Crippen molar-refractivity contribution in [1.82, 2.24) is 6.15 Å². The minimum atomic E-state index is 0. The lowest BCUT2D eigenvalue weighted by atomic mass is 9.96. The highest BCUT2D eigenvalue weighted by Crippen LogP contribution is 2.22. The van der Waals surface area contributed by atoms with Crippen LogP contribution in [0.15, 0.2) is 47.7 Å². The average Bonchev–Trinajstić information content (AvgIpc) is 2.09. The summed E-state index contributed by atoms with van der Waals surface area (Å²) in [7, 11) is 0. The first kappa shape index (κ1) is 11.7. The topological polar surface area (TPSA) is 61.0 Å². The molecule has 2 nitrogen and oxygen atoms in total.